The number of hydrogen-bond donors (Lipinski definition) is 1. The Bertz CT molecular complexity index is 1050. The zero-order valence-corrected chi connectivity index (χ0v) is 18.3. The zero-order valence-electron chi connectivity index (χ0n) is 18.3. The van der Waals surface area contributed by atoms with Gasteiger partial charge in [-0.05, 0) is 30.3 Å². The molecule has 0 unspecified atom stereocenters. The van der Waals surface area contributed by atoms with Gasteiger partial charge in [0.05, 0.1) is 31.0 Å². The van der Waals surface area contributed by atoms with Crippen molar-refractivity contribution in [2.45, 2.75) is 19.6 Å². The molecule has 168 valence electrons. The summed E-state index contributed by atoms with van der Waals surface area (Å²) in [5, 5.41) is 3.35. The topological polar surface area (TPSA) is 98.7 Å². The number of morpholine rings is 1. The number of pyridine rings is 1. The first kappa shape index (κ1) is 21.9. The van der Waals surface area contributed by atoms with Crippen molar-refractivity contribution in [3.05, 3.63) is 42.7 Å². The number of fused-ring (bicyclic) bond motifs is 1. The first-order valence-electron chi connectivity index (χ1n) is 10.7. The van der Waals surface area contributed by atoms with Gasteiger partial charge >= 0.3 is 5.97 Å². The summed E-state index contributed by atoms with van der Waals surface area (Å²) in [6, 6.07) is 9.68. The predicted molar refractivity (Wildman–Crippen MR) is 121 cm³/mol. The largest absolute Gasteiger partial charge is 0.493 e. The molecular weight excluding hydrogens is 410 g/mol. The van der Waals surface area contributed by atoms with E-state index in [9.17, 15) is 4.79 Å². The molecular formula is C23H27N5O4. The highest BCUT2D eigenvalue weighted by atomic mass is 16.5. The number of nitrogens with zero attached hydrogens (tertiary/aromatic N) is 4. The van der Waals surface area contributed by atoms with Crippen molar-refractivity contribution in [2.24, 2.45) is 0 Å². The number of aromatic nitrogens is 3. The monoisotopic (exact) mass is 437 g/mol. The molecule has 4 rings (SSSR count). The van der Waals surface area contributed by atoms with Gasteiger partial charge in [0.15, 0.2) is 5.82 Å². The smallest absolute Gasteiger partial charge is 0.302 e. The van der Waals surface area contributed by atoms with Crippen LogP contribution in [0.15, 0.2) is 42.7 Å². The summed E-state index contributed by atoms with van der Waals surface area (Å²) in [6.07, 6.45) is 3.87. The van der Waals surface area contributed by atoms with E-state index in [2.05, 4.69) is 15.3 Å². The summed E-state index contributed by atoms with van der Waals surface area (Å²) in [4.78, 5) is 26.7. The van der Waals surface area contributed by atoms with Gasteiger partial charge in [0.2, 0.25) is 0 Å². The summed E-state index contributed by atoms with van der Waals surface area (Å²) in [5.41, 5.74) is 3.25. The molecule has 1 N–H and O–H groups in total. The van der Waals surface area contributed by atoms with Crippen LogP contribution >= 0.6 is 0 Å². The molecule has 9 heteroatoms. The fraction of sp³-hybridized carbons (Fsp3) is 0.391. The standard InChI is InChI=1S/C23H27N5O4/c1-16(29)30-11-3-12-31-18-6-4-17(5-7-18)19-14-20-22(26-9-8-25-20)23(27-19)28(2)21-15-24-10-13-32-21/h4-9,14,21,24H,3,10-13,15H2,1-2H3/t21-/m0/s1. The Morgan fingerprint density at radius 3 is 2.78 bits per heavy atom. The Balaban J connectivity index is 1.53. The van der Waals surface area contributed by atoms with Crippen LogP contribution in [0.3, 0.4) is 0 Å². The maximum atomic E-state index is 10.8. The summed E-state index contributed by atoms with van der Waals surface area (Å²) in [5.74, 6) is 1.19. The molecule has 1 aliphatic heterocycles. The van der Waals surface area contributed by atoms with Gasteiger partial charge in [-0.2, -0.15) is 0 Å². The van der Waals surface area contributed by atoms with Crippen LogP contribution < -0.4 is 15.0 Å². The van der Waals surface area contributed by atoms with E-state index in [0.717, 1.165) is 40.4 Å². The van der Waals surface area contributed by atoms with Crippen LogP contribution in [0.25, 0.3) is 22.3 Å². The first-order valence-corrected chi connectivity index (χ1v) is 10.7. The first-order chi connectivity index (χ1) is 15.6. The molecule has 1 aromatic carbocycles. The summed E-state index contributed by atoms with van der Waals surface area (Å²) in [6.45, 7) is 4.44. The quantitative estimate of drug-likeness (QED) is 0.421. The molecule has 3 aromatic rings. The molecule has 1 fully saturated rings. The maximum Gasteiger partial charge on any atom is 0.302 e. The van der Waals surface area contributed by atoms with Gasteiger partial charge in [0, 0.05) is 51.4 Å². The Kier molecular flexibility index (Phi) is 7.08. The van der Waals surface area contributed by atoms with Gasteiger partial charge < -0.3 is 24.4 Å². The minimum Gasteiger partial charge on any atom is -0.493 e. The lowest BCUT2D eigenvalue weighted by Crippen LogP contribution is -2.48. The molecule has 1 saturated heterocycles. The number of ether oxygens (including phenoxy) is 3. The van der Waals surface area contributed by atoms with Crippen molar-refractivity contribution < 1.29 is 19.0 Å². The van der Waals surface area contributed by atoms with Crippen molar-refractivity contribution >= 4 is 22.8 Å². The SMILES string of the molecule is CC(=O)OCCCOc1ccc(-c2cc3nccnc3c(N(C)[C@@H]3CNCCO3)n2)cc1. The Morgan fingerprint density at radius 2 is 2.03 bits per heavy atom. The van der Waals surface area contributed by atoms with Gasteiger partial charge in [-0.25, -0.2) is 9.97 Å². The van der Waals surface area contributed by atoms with Crippen LogP contribution in [0.1, 0.15) is 13.3 Å². The molecule has 0 spiro atoms. The molecule has 0 bridgehead atoms. The Labute approximate surface area is 186 Å². The predicted octanol–water partition coefficient (Wildman–Crippen LogP) is 2.41. The zero-order chi connectivity index (χ0) is 22.3. The molecule has 0 aliphatic carbocycles. The van der Waals surface area contributed by atoms with Crippen molar-refractivity contribution in [3.8, 4) is 17.0 Å². The molecule has 0 radical (unpaired) electrons. The van der Waals surface area contributed by atoms with Crippen LogP contribution in [-0.4, -0.2) is 67.1 Å². The number of rotatable bonds is 8. The minimum absolute atomic E-state index is 0.125. The number of carbonyl (C=O) groups is 1. The number of benzene rings is 1. The van der Waals surface area contributed by atoms with Gasteiger partial charge in [0.1, 0.15) is 17.5 Å². The maximum absolute atomic E-state index is 10.8. The van der Waals surface area contributed by atoms with E-state index >= 15 is 0 Å². The molecule has 2 aromatic heterocycles. The van der Waals surface area contributed by atoms with Gasteiger partial charge in [-0.3, -0.25) is 9.78 Å². The van der Waals surface area contributed by atoms with Crippen LogP contribution in [0.2, 0.25) is 0 Å². The third kappa shape index (κ3) is 5.30. The fourth-order valence-electron chi connectivity index (χ4n) is 3.47. The second-order valence-corrected chi connectivity index (χ2v) is 7.46. The molecule has 32 heavy (non-hydrogen) atoms. The lowest BCUT2D eigenvalue weighted by Gasteiger charge is -2.32. The molecule has 1 aliphatic rings. The van der Waals surface area contributed by atoms with Crippen LogP contribution in [0, 0.1) is 0 Å². The van der Waals surface area contributed by atoms with E-state index < -0.39 is 0 Å². The number of anilines is 1. The highest BCUT2D eigenvalue weighted by Gasteiger charge is 2.23. The number of esters is 1. The summed E-state index contributed by atoms with van der Waals surface area (Å²) >= 11 is 0. The third-order valence-corrected chi connectivity index (χ3v) is 5.13. The van der Waals surface area contributed by atoms with E-state index in [4.69, 9.17) is 19.2 Å². The van der Waals surface area contributed by atoms with Crippen LogP contribution in [0.4, 0.5) is 5.82 Å². The molecule has 0 amide bonds. The number of carbonyl (C=O) groups excluding carboxylic acids is 1. The van der Waals surface area contributed by atoms with Crippen LogP contribution in [-0.2, 0) is 14.3 Å². The number of nitrogens with one attached hydrogen (secondary N) is 1. The van der Waals surface area contributed by atoms with E-state index in [0.29, 0.717) is 32.8 Å². The summed E-state index contributed by atoms with van der Waals surface area (Å²) in [7, 11) is 1.96. The third-order valence-electron chi connectivity index (χ3n) is 5.13. The van der Waals surface area contributed by atoms with Crippen molar-refractivity contribution in [1.29, 1.82) is 0 Å². The second kappa shape index (κ2) is 10.3. The fourth-order valence-corrected chi connectivity index (χ4v) is 3.47. The van der Waals surface area contributed by atoms with E-state index in [1.165, 1.54) is 6.92 Å². The average molecular weight is 438 g/mol. The lowest BCUT2D eigenvalue weighted by atomic mass is 10.1. The average Bonchev–Trinajstić information content (AvgIpc) is 2.83. The molecule has 0 saturated carbocycles. The van der Waals surface area contributed by atoms with Gasteiger partial charge in [-0.1, -0.05) is 0 Å². The molecule has 1 atom stereocenters. The number of hydrogen-bond acceptors (Lipinski definition) is 9. The lowest BCUT2D eigenvalue weighted by molar-refractivity contribution is -0.141. The second-order valence-electron chi connectivity index (χ2n) is 7.46. The highest BCUT2D eigenvalue weighted by Crippen LogP contribution is 2.29. The van der Waals surface area contributed by atoms with E-state index in [-0.39, 0.29) is 12.2 Å². The van der Waals surface area contributed by atoms with Crippen molar-refractivity contribution in [1.82, 2.24) is 20.3 Å². The van der Waals surface area contributed by atoms with Crippen LogP contribution in [0.5, 0.6) is 5.75 Å². The molecule has 9 nitrogen and oxygen atoms in total. The number of likely N-dealkylation sites (N-methyl/N-ethyl adjacent to an activating group) is 1. The van der Waals surface area contributed by atoms with Crippen molar-refractivity contribution in [3.63, 3.8) is 0 Å². The van der Waals surface area contributed by atoms with Gasteiger partial charge in [-0.15, -0.1) is 0 Å². The molecule has 3 heterocycles. The van der Waals surface area contributed by atoms with Crippen molar-refractivity contribution in [2.75, 3.05) is 44.9 Å². The summed E-state index contributed by atoms with van der Waals surface area (Å²) < 4.78 is 16.5. The minimum atomic E-state index is -0.279. The highest BCUT2D eigenvalue weighted by molar-refractivity contribution is 5.89. The Morgan fingerprint density at radius 1 is 1.22 bits per heavy atom. The van der Waals surface area contributed by atoms with E-state index in [1.54, 1.807) is 12.4 Å². The normalized spacial score (nSPS) is 16.0. The Hall–Kier alpha value is -3.30. The van der Waals surface area contributed by atoms with E-state index in [1.807, 2.05) is 42.3 Å². The van der Waals surface area contributed by atoms with Gasteiger partial charge in [0.25, 0.3) is 0 Å².